The van der Waals surface area contributed by atoms with Gasteiger partial charge in [-0.05, 0) is 130 Å². The summed E-state index contributed by atoms with van der Waals surface area (Å²) in [5, 5.41) is 11.4. The molecule has 5 aromatic carbocycles. The molecule has 0 atom stereocenters. The Balaban J connectivity index is 1.77. The first kappa shape index (κ1) is 35.8. The van der Waals surface area contributed by atoms with Gasteiger partial charge in [0.15, 0.2) is 5.60 Å². The maximum absolute atomic E-state index is 14.6. The highest BCUT2D eigenvalue weighted by molar-refractivity contribution is 7.86. The monoisotopic (exact) mass is 679 g/mol. The van der Waals surface area contributed by atoms with Crippen molar-refractivity contribution in [3.8, 4) is 5.75 Å². The molecular weight excluding hydrogens is 631 g/mol. The number of hydrogen-bond acceptors (Lipinski definition) is 7. The van der Waals surface area contributed by atoms with E-state index in [2.05, 4.69) is 56.2 Å². The molecule has 8 heteroatoms. The van der Waals surface area contributed by atoms with E-state index in [0.717, 1.165) is 61.7 Å². The van der Waals surface area contributed by atoms with E-state index in [4.69, 9.17) is 4.18 Å². The highest BCUT2D eigenvalue weighted by Gasteiger charge is 2.43. The summed E-state index contributed by atoms with van der Waals surface area (Å²) in [4.78, 5) is 6.81. The molecule has 5 rings (SSSR count). The largest absolute Gasteiger partial charge is 0.508 e. The lowest BCUT2D eigenvalue weighted by atomic mass is 9.80. The van der Waals surface area contributed by atoms with Crippen LogP contribution in [0.1, 0.15) is 58.2 Å². The Bertz CT molecular complexity index is 1800. The van der Waals surface area contributed by atoms with Crippen LogP contribution in [0, 0.1) is 0 Å². The summed E-state index contributed by atoms with van der Waals surface area (Å²) in [5.74, 6) is 0.118. The fourth-order valence-corrected chi connectivity index (χ4v) is 7.93. The van der Waals surface area contributed by atoms with Crippen LogP contribution in [0.5, 0.6) is 5.75 Å². The molecule has 0 saturated heterocycles. The molecule has 0 spiro atoms. The molecule has 7 nitrogen and oxygen atoms in total. The normalized spacial score (nSPS) is 11.9. The van der Waals surface area contributed by atoms with Crippen LogP contribution in [-0.4, -0.2) is 52.8 Å². The molecule has 0 aliphatic carbocycles. The van der Waals surface area contributed by atoms with Crippen LogP contribution in [0.15, 0.2) is 114 Å². The van der Waals surface area contributed by atoms with Crippen molar-refractivity contribution in [2.24, 2.45) is 0 Å². The summed E-state index contributed by atoms with van der Waals surface area (Å²) in [6.45, 7) is 17.8. The number of nitrogens with zero attached hydrogens (tertiary/aromatic N) is 3. The summed E-state index contributed by atoms with van der Waals surface area (Å²) < 4.78 is 35.9. The second kappa shape index (κ2) is 15.3. The van der Waals surface area contributed by atoms with Gasteiger partial charge in [0, 0.05) is 56.3 Å². The Morgan fingerprint density at radius 2 is 0.857 bits per heavy atom. The van der Waals surface area contributed by atoms with Crippen LogP contribution < -0.4 is 14.7 Å². The van der Waals surface area contributed by atoms with Gasteiger partial charge < -0.3 is 19.8 Å². The minimum absolute atomic E-state index is 0.0364. The van der Waals surface area contributed by atoms with Crippen molar-refractivity contribution in [3.05, 3.63) is 126 Å². The van der Waals surface area contributed by atoms with Gasteiger partial charge in [0.25, 0.3) is 10.1 Å². The van der Waals surface area contributed by atoms with E-state index in [9.17, 15) is 13.5 Å². The van der Waals surface area contributed by atoms with Gasteiger partial charge in [0.1, 0.15) is 5.75 Å². The average Bonchev–Trinajstić information content (AvgIpc) is 3.13. The van der Waals surface area contributed by atoms with E-state index in [0.29, 0.717) is 22.1 Å². The fourth-order valence-electron chi connectivity index (χ4n) is 6.71. The van der Waals surface area contributed by atoms with Gasteiger partial charge in [-0.25, -0.2) is 4.18 Å². The van der Waals surface area contributed by atoms with E-state index in [1.807, 2.05) is 72.8 Å². The fraction of sp³-hybridized carbons (Fsp3) is 0.317. The number of anilines is 3. The van der Waals surface area contributed by atoms with Crippen LogP contribution >= 0.6 is 0 Å². The van der Waals surface area contributed by atoms with Crippen molar-refractivity contribution in [2.75, 3.05) is 54.0 Å². The molecule has 0 heterocycles. The zero-order valence-corrected chi connectivity index (χ0v) is 30.4. The van der Waals surface area contributed by atoms with Crippen LogP contribution in [0.4, 0.5) is 17.1 Å². The molecular formula is C41H49N3O4S. The van der Waals surface area contributed by atoms with Gasteiger partial charge in [-0.15, -0.1) is 0 Å². The second-order valence-electron chi connectivity index (χ2n) is 12.1. The van der Waals surface area contributed by atoms with Crippen LogP contribution in [0.2, 0.25) is 0 Å². The Morgan fingerprint density at radius 1 is 0.510 bits per heavy atom. The molecule has 0 aromatic heterocycles. The summed E-state index contributed by atoms with van der Waals surface area (Å²) in [5.41, 5.74) is 3.73. The van der Waals surface area contributed by atoms with Crippen molar-refractivity contribution < 1.29 is 17.7 Å². The average molecular weight is 680 g/mol. The zero-order chi connectivity index (χ0) is 35.2. The SMILES string of the molecule is CCN(CC)c1ccc(C(OS(=O)(=O)c2ccc3cc(O)ccc3c2)(c2ccc(N(CC)CC)cc2)c2ccc(N(CC)CC)cc2)cc1. The predicted molar refractivity (Wildman–Crippen MR) is 204 cm³/mol. The Kier molecular flexibility index (Phi) is 11.2. The molecule has 5 aromatic rings. The molecule has 1 N–H and O–H groups in total. The molecule has 0 radical (unpaired) electrons. The van der Waals surface area contributed by atoms with E-state index in [-0.39, 0.29) is 10.6 Å². The number of phenolic OH excluding ortho intramolecular Hbond substituents is 1. The highest BCUT2D eigenvalue weighted by Crippen LogP contribution is 2.44. The van der Waals surface area contributed by atoms with Crippen molar-refractivity contribution in [1.29, 1.82) is 0 Å². The smallest absolute Gasteiger partial charge is 0.298 e. The number of hydrogen-bond donors (Lipinski definition) is 1. The Labute approximate surface area is 292 Å². The molecule has 258 valence electrons. The third kappa shape index (κ3) is 7.26. The molecule has 0 unspecified atom stereocenters. The number of rotatable bonds is 15. The summed E-state index contributed by atoms with van der Waals surface area (Å²) in [7, 11) is -4.37. The minimum atomic E-state index is -4.37. The van der Waals surface area contributed by atoms with Crippen LogP contribution in [-0.2, 0) is 19.9 Å². The first-order valence-corrected chi connectivity index (χ1v) is 18.8. The number of fused-ring (bicyclic) bond motifs is 1. The molecule has 0 saturated carbocycles. The van der Waals surface area contributed by atoms with Crippen molar-refractivity contribution in [1.82, 2.24) is 0 Å². The number of phenols is 1. The first-order valence-electron chi connectivity index (χ1n) is 17.4. The van der Waals surface area contributed by atoms with Gasteiger partial charge in [0.05, 0.1) is 4.90 Å². The highest BCUT2D eigenvalue weighted by atomic mass is 32.2. The van der Waals surface area contributed by atoms with Gasteiger partial charge in [-0.3, -0.25) is 0 Å². The van der Waals surface area contributed by atoms with E-state index < -0.39 is 15.7 Å². The zero-order valence-electron chi connectivity index (χ0n) is 29.6. The molecule has 0 aliphatic rings. The third-order valence-electron chi connectivity index (χ3n) is 9.53. The maximum Gasteiger partial charge on any atom is 0.298 e. The predicted octanol–water partition coefficient (Wildman–Crippen LogP) is 8.78. The minimum Gasteiger partial charge on any atom is -0.508 e. The molecule has 49 heavy (non-hydrogen) atoms. The van der Waals surface area contributed by atoms with Crippen molar-refractivity contribution >= 4 is 38.0 Å². The van der Waals surface area contributed by atoms with E-state index in [1.54, 1.807) is 30.3 Å². The van der Waals surface area contributed by atoms with Gasteiger partial charge in [-0.2, -0.15) is 8.42 Å². The maximum atomic E-state index is 14.6. The van der Waals surface area contributed by atoms with Crippen molar-refractivity contribution in [2.45, 2.75) is 52.0 Å². The standard InChI is InChI=1S/C41H49N3O4S/c1-7-42(8-2)36-21-15-33(16-22-36)41(34-17-23-37(24-18-34)43(9-3)10-4,35-19-25-38(26-20-35)44(11-5)12-6)48-49(46,47)40-28-14-31-29-39(45)27-13-32(31)30-40/h13-30,45H,7-12H2,1-6H3. The van der Waals surface area contributed by atoms with Gasteiger partial charge in [0.2, 0.25) is 0 Å². The van der Waals surface area contributed by atoms with Crippen molar-refractivity contribution in [3.63, 3.8) is 0 Å². The molecule has 0 amide bonds. The quantitative estimate of drug-likeness (QED) is 0.0876. The number of aromatic hydroxyl groups is 1. The lowest BCUT2D eigenvalue weighted by molar-refractivity contribution is 0.164. The van der Waals surface area contributed by atoms with E-state index >= 15 is 0 Å². The summed E-state index contributed by atoms with van der Waals surface area (Å²) >= 11 is 0. The van der Waals surface area contributed by atoms with Gasteiger partial charge >= 0.3 is 0 Å². The topological polar surface area (TPSA) is 73.3 Å². The second-order valence-corrected chi connectivity index (χ2v) is 13.6. The van der Waals surface area contributed by atoms with Gasteiger partial charge in [-0.1, -0.05) is 48.5 Å². The number of benzene rings is 5. The third-order valence-corrected chi connectivity index (χ3v) is 10.8. The lowest BCUT2D eigenvalue weighted by Gasteiger charge is -2.36. The summed E-state index contributed by atoms with van der Waals surface area (Å²) in [6, 6.07) is 33.9. The molecule has 0 bridgehead atoms. The Hall–Kier alpha value is -4.53. The lowest BCUT2D eigenvalue weighted by Crippen LogP contribution is -2.36. The molecule has 0 aliphatic heterocycles. The van der Waals surface area contributed by atoms with Crippen LogP contribution in [0.25, 0.3) is 10.8 Å². The van der Waals surface area contributed by atoms with Crippen LogP contribution in [0.3, 0.4) is 0 Å². The summed E-state index contributed by atoms with van der Waals surface area (Å²) in [6.07, 6.45) is 0. The van der Waals surface area contributed by atoms with E-state index in [1.165, 1.54) is 6.07 Å². The first-order chi connectivity index (χ1) is 23.6. The molecule has 0 fully saturated rings. The Morgan fingerprint density at radius 3 is 1.22 bits per heavy atom.